The summed E-state index contributed by atoms with van der Waals surface area (Å²) in [6.07, 6.45) is 3.29. The van der Waals surface area contributed by atoms with Crippen LogP contribution >= 0.6 is 11.3 Å². The second-order valence-corrected chi connectivity index (χ2v) is 7.15. The Labute approximate surface area is 143 Å². The number of fused-ring (bicyclic) bond motifs is 3. The van der Waals surface area contributed by atoms with Crippen LogP contribution in [-0.2, 0) is 4.74 Å². The van der Waals surface area contributed by atoms with Crippen molar-refractivity contribution in [2.24, 2.45) is 5.92 Å². The van der Waals surface area contributed by atoms with E-state index in [4.69, 9.17) is 4.74 Å². The largest absolute Gasteiger partial charge is 0.444 e. The van der Waals surface area contributed by atoms with Gasteiger partial charge in [0.25, 0.3) is 0 Å². The normalized spacial score (nSPS) is 25.5. The average Bonchev–Trinajstić information content (AvgIpc) is 3.12. The molecule has 3 aliphatic heterocycles. The molecule has 0 aliphatic carbocycles. The summed E-state index contributed by atoms with van der Waals surface area (Å²) in [5.41, 5.74) is 2.82. The van der Waals surface area contributed by atoms with Gasteiger partial charge in [-0.2, -0.15) is 0 Å². The van der Waals surface area contributed by atoms with Gasteiger partial charge in [0.15, 0.2) is 0 Å². The van der Waals surface area contributed by atoms with Crippen LogP contribution in [0.15, 0.2) is 29.9 Å². The molecular weight excluding hydrogens is 329 g/mol. The van der Waals surface area contributed by atoms with Gasteiger partial charge >= 0.3 is 6.09 Å². The van der Waals surface area contributed by atoms with E-state index in [0.29, 0.717) is 17.2 Å². The molecule has 2 aromatic rings. The van der Waals surface area contributed by atoms with Crippen molar-refractivity contribution in [3.8, 4) is 10.4 Å². The number of ether oxygens (including phenoxy) is 1. The number of thiazole rings is 1. The van der Waals surface area contributed by atoms with E-state index in [1.54, 1.807) is 17.8 Å². The van der Waals surface area contributed by atoms with E-state index < -0.39 is 6.09 Å². The quantitative estimate of drug-likeness (QED) is 0.922. The molecule has 1 atom stereocenters. The molecule has 24 heavy (non-hydrogen) atoms. The van der Waals surface area contributed by atoms with Crippen molar-refractivity contribution in [1.82, 2.24) is 9.88 Å². The molecule has 126 valence electrons. The lowest BCUT2D eigenvalue weighted by molar-refractivity contribution is -0.0289. The molecule has 1 amide bonds. The maximum absolute atomic E-state index is 13.6. The first-order valence-electron chi connectivity index (χ1n) is 8.07. The molecule has 5 rings (SSSR count). The SMILES string of the molecule is O=C(Nc1ccc(F)cc1-c1cncs1)O[C@H]1CN2CCC1CC2. The maximum atomic E-state index is 13.6. The lowest BCUT2D eigenvalue weighted by atomic mass is 9.86. The summed E-state index contributed by atoms with van der Waals surface area (Å²) in [7, 11) is 0. The highest BCUT2D eigenvalue weighted by atomic mass is 32.1. The van der Waals surface area contributed by atoms with Crippen LogP contribution in [0.4, 0.5) is 14.9 Å². The van der Waals surface area contributed by atoms with E-state index in [9.17, 15) is 9.18 Å². The van der Waals surface area contributed by atoms with Gasteiger partial charge in [-0.3, -0.25) is 15.2 Å². The van der Waals surface area contributed by atoms with Gasteiger partial charge in [0.2, 0.25) is 0 Å². The first-order chi connectivity index (χ1) is 11.7. The van der Waals surface area contributed by atoms with E-state index in [-0.39, 0.29) is 11.9 Å². The first kappa shape index (κ1) is 15.5. The molecule has 0 unspecified atom stereocenters. The van der Waals surface area contributed by atoms with E-state index in [2.05, 4.69) is 15.2 Å². The lowest BCUT2D eigenvalue weighted by Crippen LogP contribution is -2.52. The Bertz CT molecular complexity index is 729. The molecule has 5 nitrogen and oxygen atoms in total. The van der Waals surface area contributed by atoms with E-state index >= 15 is 0 Å². The standard InChI is InChI=1S/C17H18FN3O2S/c18-12-1-2-14(13(7-12)16-8-19-10-24-16)20-17(22)23-15-9-21-5-3-11(15)4-6-21/h1-2,7-8,10-11,15H,3-6,9H2,(H,20,22)/t15-/m0/s1. The first-order valence-corrected chi connectivity index (χ1v) is 8.95. The van der Waals surface area contributed by atoms with Crippen LogP contribution in [0, 0.1) is 11.7 Å². The molecule has 2 bridgehead atoms. The molecule has 3 saturated heterocycles. The van der Waals surface area contributed by atoms with Gasteiger partial charge in [0, 0.05) is 18.3 Å². The number of nitrogens with zero attached hydrogens (tertiary/aromatic N) is 2. The van der Waals surface area contributed by atoms with Gasteiger partial charge in [-0.25, -0.2) is 9.18 Å². The Morgan fingerprint density at radius 2 is 2.21 bits per heavy atom. The molecule has 1 aromatic carbocycles. The molecule has 4 heterocycles. The fourth-order valence-electron chi connectivity index (χ4n) is 3.50. The molecule has 7 heteroatoms. The van der Waals surface area contributed by atoms with Crippen molar-refractivity contribution in [2.45, 2.75) is 18.9 Å². The summed E-state index contributed by atoms with van der Waals surface area (Å²) < 4.78 is 19.2. The Morgan fingerprint density at radius 3 is 2.88 bits per heavy atom. The molecule has 0 radical (unpaired) electrons. The highest BCUT2D eigenvalue weighted by Crippen LogP contribution is 2.33. The van der Waals surface area contributed by atoms with Crippen molar-refractivity contribution in [3.63, 3.8) is 0 Å². The monoisotopic (exact) mass is 347 g/mol. The number of amides is 1. The molecule has 3 fully saturated rings. The number of benzene rings is 1. The predicted molar refractivity (Wildman–Crippen MR) is 90.6 cm³/mol. The van der Waals surface area contributed by atoms with Crippen LogP contribution in [0.2, 0.25) is 0 Å². The highest BCUT2D eigenvalue weighted by Gasteiger charge is 2.36. The molecular formula is C17H18FN3O2S. The zero-order chi connectivity index (χ0) is 16.5. The number of anilines is 1. The summed E-state index contributed by atoms with van der Waals surface area (Å²) in [6, 6.07) is 4.29. The maximum Gasteiger partial charge on any atom is 0.411 e. The second-order valence-electron chi connectivity index (χ2n) is 6.26. The summed E-state index contributed by atoms with van der Waals surface area (Å²) in [5.74, 6) is 0.102. The fourth-order valence-corrected chi connectivity index (χ4v) is 4.15. The number of hydrogen-bond donors (Lipinski definition) is 1. The average molecular weight is 347 g/mol. The van der Waals surface area contributed by atoms with Crippen LogP contribution in [0.5, 0.6) is 0 Å². The smallest absolute Gasteiger partial charge is 0.411 e. The number of rotatable bonds is 3. The van der Waals surface area contributed by atoms with Gasteiger partial charge in [0.1, 0.15) is 11.9 Å². The van der Waals surface area contributed by atoms with Crippen molar-refractivity contribution in [3.05, 3.63) is 35.7 Å². The number of nitrogens with one attached hydrogen (secondary N) is 1. The van der Waals surface area contributed by atoms with E-state index in [0.717, 1.165) is 37.4 Å². The van der Waals surface area contributed by atoms with Crippen molar-refractivity contribution < 1.29 is 13.9 Å². The summed E-state index contributed by atoms with van der Waals surface area (Å²) in [5, 5.41) is 2.77. The third-order valence-electron chi connectivity index (χ3n) is 4.77. The topological polar surface area (TPSA) is 54.5 Å². The Morgan fingerprint density at radius 1 is 1.38 bits per heavy atom. The molecule has 0 spiro atoms. The molecule has 1 aromatic heterocycles. The van der Waals surface area contributed by atoms with E-state index in [1.807, 2.05) is 0 Å². The van der Waals surface area contributed by atoms with Crippen LogP contribution in [0.25, 0.3) is 10.4 Å². The summed E-state index contributed by atoms with van der Waals surface area (Å²) >= 11 is 1.39. The van der Waals surface area contributed by atoms with Gasteiger partial charge in [-0.05, 0) is 50.0 Å². The minimum absolute atomic E-state index is 0.0557. The Hall–Kier alpha value is -1.99. The van der Waals surface area contributed by atoms with Crippen LogP contribution in [0.3, 0.4) is 0 Å². The number of halogens is 1. The summed E-state index contributed by atoms with van der Waals surface area (Å²) in [4.78, 5) is 19.5. The van der Waals surface area contributed by atoms with Gasteiger partial charge in [-0.15, -0.1) is 11.3 Å². The van der Waals surface area contributed by atoms with Crippen LogP contribution in [0.1, 0.15) is 12.8 Å². The van der Waals surface area contributed by atoms with Crippen molar-refractivity contribution >= 4 is 23.1 Å². The molecule has 0 saturated carbocycles. The number of piperidine rings is 3. The minimum atomic E-state index is -0.480. The van der Waals surface area contributed by atoms with Crippen LogP contribution < -0.4 is 5.32 Å². The third kappa shape index (κ3) is 3.14. The Balaban J connectivity index is 1.48. The second kappa shape index (κ2) is 6.49. The highest BCUT2D eigenvalue weighted by molar-refractivity contribution is 7.13. The minimum Gasteiger partial charge on any atom is -0.444 e. The fraction of sp³-hybridized carbons (Fsp3) is 0.412. The Kier molecular flexibility index (Phi) is 4.20. The van der Waals surface area contributed by atoms with Gasteiger partial charge < -0.3 is 4.74 Å². The molecule has 1 N–H and O–H groups in total. The number of aromatic nitrogens is 1. The third-order valence-corrected chi connectivity index (χ3v) is 5.58. The van der Waals surface area contributed by atoms with Crippen LogP contribution in [-0.4, -0.2) is 41.7 Å². The zero-order valence-electron chi connectivity index (χ0n) is 13.1. The number of hydrogen-bond acceptors (Lipinski definition) is 5. The lowest BCUT2D eigenvalue weighted by Gasteiger charge is -2.43. The van der Waals surface area contributed by atoms with Crippen molar-refractivity contribution in [1.29, 1.82) is 0 Å². The van der Waals surface area contributed by atoms with Crippen molar-refractivity contribution in [2.75, 3.05) is 25.0 Å². The van der Waals surface area contributed by atoms with Gasteiger partial charge in [0.05, 0.1) is 16.1 Å². The predicted octanol–water partition coefficient (Wildman–Crippen LogP) is 3.59. The van der Waals surface area contributed by atoms with Gasteiger partial charge in [-0.1, -0.05) is 0 Å². The molecule has 3 aliphatic rings. The zero-order valence-corrected chi connectivity index (χ0v) is 13.9. The summed E-state index contributed by atoms with van der Waals surface area (Å²) in [6.45, 7) is 3.00. The number of carbonyl (C=O) groups is 1. The van der Waals surface area contributed by atoms with E-state index in [1.165, 1.54) is 23.5 Å². The number of carbonyl (C=O) groups excluding carboxylic acids is 1.